The minimum atomic E-state index is -0.298. The van der Waals surface area contributed by atoms with Crippen LogP contribution in [0.3, 0.4) is 0 Å². The van der Waals surface area contributed by atoms with Gasteiger partial charge >= 0.3 is 0 Å². The van der Waals surface area contributed by atoms with Crippen LogP contribution in [-0.4, -0.2) is 24.8 Å². The minimum Gasteiger partial charge on any atom is -0.381 e. The van der Waals surface area contributed by atoms with Gasteiger partial charge in [-0.15, -0.1) is 0 Å². The van der Waals surface area contributed by atoms with Crippen molar-refractivity contribution in [3.8, 4) is 6.07 Å². The summed E-state index contributed by atoms with van der Waals surface area (Å²) in [4.78, 5) is 0. The standard InChI is InChI=1S/C16H28N2O/c1-13(2)18-16(12-17)9-3-4-15(16)8-11-19-10-7-14-5-6-14/h13-15,18H,3-11H2,1-2H3. The number of hydrogen-bond donors (Lipinski definition) is 1. The Morgan fingerprint density at radius 1 is 1.26 bits per heavy atom. The van der Waals surface area contributed by atoms with E-state index in [1.165, 1.54) is 32.1 Å². The van der Waals surface area contributed by atoms with Crippen LogP contribution < -0.4 is 5.32 Å². The molecule has 2 rings (SSSR count). The monoisotopic (exact) mass is 264 g/mol. The summed E-state index contributed by atoms with van der Waals surface area (Å²) in [6, 6.07) is 2.93. The fourth-order valence-electron chi connectivity index (χ4n) is 3.34. The van der Waals surface area contributed by atoms with Crippen LogP contribution in [0.15, 0.2) is 0 Å². The Hall–Kier alpha value is -0.590. The number of nitriles is 1. The van der Waals surface area contributed by atoms with Gasteiger partial charge in [-0.3, -0.25) is 5.32 Å². The van der Waals surface area contributed by atoms with Gasteiger partial charge in [0.05, 0.1) is 6.07 Å². The molecule has 1 N–H and O–H groups in total. The molecule has 0 aromatic rings. The van der Waals surface area contributed by atoms with Gasteiger partial charge in [0, 0.05) is 19.3 Å². The molecule has 2 aliphatic rings. The molecule has 0 saturated heterocycles. The topological polar surface area (TPSA) is 45.0 Å². The maximum Gasteiger partial charge on any atom is 0.109 e. The summed E-state index contributed by atoms with van der Waals surface area (Å²) in [7, 11) is 0. The molecule has 3 nitrogen and oxygen atoms in total. The highest BCUT2D eigenvalue weighted by Crippen LogP contribution is 2.38. The summed E-state index contributed by atoms with van der Waals surface area (Å²) >= 11 is 0. The van der Waals surface area contributed by atoms with E-state index >= 15 is 0 Å². The summed E-state index contributed by atoms with van der Waals surface area (Å²) in [5.41, 5.74) is -0.298. The maximum absolute atomic E-state index is 9.57. The second kappa shape index (κ2) is 6.72. The molecule has 2 saturated carbocycles. The Bertz CT molecular complexity index is 319. The molecule has 19 heavy (non-hydrogen) atoms. The molecular weight excluding hydrogens is 236 g/mol. The Balaban J connectivity index is 1.72. The lowest BCUT2D eigenvalue weighted by Gasteiger charge is -2.32. The highest BCUT2D eigenvalue weighted by Gasteiger charge is 2.43. The van der Waals surface area contributed by atoms with E-state index in [9.17, 15) is 5.26 Å². The van der Waals surface area contributed by atoms with E-state index in [1.54, 1.807) is 0 Å². The van der Waals surface area contributed by atoms with Gasteiger partial charge in [0.2, 0.25) is 0 Å². The first-order valence-electron chi connectivity index (χ1n) is 7.93. The van der Waals surface area contributed by atoms with Crippen molar-refractivity contribution in [1.29, 1.82) is 5.26 Å². The molecule has 2 aliphatic carbocycles. The Labute approximate surface area is 117 Å². The van der Waals surface area contributed by atoms with Crippen molar-refractivity contribution in [3.05, 3.63) is 0 Å². The number of nitrogens with zero attached hydrogens (tertiary/aromatic N) is 1. The van der Waals surface area contributed by atoms with Crippen LogP contribution in [0.2, 0.25) is 0 Å². The predicted molar refractivity (Wildman–Crippen MR) is 76.7 cm³/mol. The highest BCUT2D eigenvalue weighted by atomic mass is 16.5. The zero-order valence-corrected chi connectivity index (χ0v) is 12.5. The van der Waals surface area contributed by atoms with Crippen molar-refractivity contribution >= 4 is 0 Å². The van der Waals surface area contributed by atoms with Crippen molar-refractivity contribution in [3.63, 3.8) is 0 Å². The number of rotatable bonds is 8. The molecular formula is C16H28N2O. The first-order chi connectivity index (χ1) is 9.16. The third kappa shape index (κ3) is 4.19. The van der Waals surface area contributed by atoms with Gasteiger partial charge in [0.25, 0.3) is 0 Å². The maximum atomic E-state index is 9.57. The van der Waals surface area contributed by atoms with Gasteiger partial charge in [-0.25, -0.2) is 0 Å². The summed E-state index contributed by atoms with van der Waals surface area (Å²) in [5.74, 6) is 1.41. The van der Waals surface area contributed by atoms with E-state index in [1.807, 2.05) is 0 Å². The fourth-order valence-corrected chi connectivity index (χ4v) is 3.34. The van der Waals surface area contributed by atoms with Gasteiger partial charge in [-0.1, -0.05) is 19.3 Å². The molecule has 0 aliphatic heterocycles. The van der Waals surface area contributed by atoms with E-state index in [2.05, 4.69) is 25.2 Å². The van der Waals surface area contributed by atoms with Crippen LogP contribution in [0.4, 0.5) is 0 Å². The van der Waals surface area contributed by atoms with Crippen LogP contribution in [-0.2, 0) is 4.74 Å². The van der Waals surface area contributed by atoms with E-state index in [0.29, 0.717) is 12.0 Å². The number of nitrogens with one attached hydrogen (secondary N) is 1. The van der Waals surface area contributed by atoms with Crippen molar-refractivity contribution in [1.82, 2.24) is 5.32 Å². The van der Waals surface area contributed by atoms with E-state index in [0.717, 1.165) is 32.0 Å². The van der Waals surface area contributed by atoms with Crippen molar-refractivity contribution in [2.24, 2.45) is 11.8 Å². The van der Waals surface area contributed by atoms with Crippen LogP contribution in [0, 0.1) is 23.2 Å². The molecule has 0 aromatic carbocycles. The third-order valence-corrected chi connectivity index (χ3v) is 4.54. The van der Waals surface area contributed by atoms with Gasteiger partial charge in [0.1, 0.15) is 5.54 Å². The number of hydrogen-bond acceptors (Lipinski definition) is 3. The van der Waals surface area contributed by atoms with Gasteiger partial charge in [0.15, 0.2) is 0 Å². The first kappa shape index (κ1) is 14.8. The van der Waals surface area contributed by atoms with Gasteiger partial charge in [-0.05, 0) is 51.4 Å². The Morgan fingerprint density at radius 2 is 2.00 bits per heavy atom. The fraction of sp³-hybridized carbons (Fsp3) is 0.938. The average Bonchev–Trinajstić information content (AvgIpc) is 3.11. The molecule has 108 valence electrons. The molecule has 0 amide bonds. The summed E-state index contributed by atoms with van der Waals surface area (Å²) < 4.78 is 5.75. The Kier molecular flexibility index (Phi) is 5.24. The van der Waals surface area contributed by atoms with Crippen molar-refractivity contribution in [2.75, 3.05) is 13.2 Å². The predicted octanol–water partition coefficient (Wildman–Crippen LogP) is 3.25. The molecule has 0 bridgehead atoms. The Morgan fingerprint density at radius 3 is 2.63 bits per heavy atom. The zero-order valence-electron chi connectivity index (χ0n) is 12.5. The second-order valence-electron chi connectivity index (χ2n) is 6.60. The normalized spacial score (nSPS) is 30.7. The lowest BCUT2D eigenvalue weighted by molar-refractivity contribution is 0.105. The lowest BCUT2D eigenvalue weighted by Crippen LogP contribution is -2.50. The zero-order chi connectivity index (χ0) is 13.7. The molecule has 3 heteroatoms. The summed E-state index contributed by atoms with van der Waals surface area (Å²) in [5, 5.41) is 13.1. The van der Waals surface area contributed by atoms with E-state index < -0.39 is 0 Å². The lowest BCUT2D eigenvalue weighted by atomic mass is 9.85. The molecule has 2 atom stereocenters. The summed E-state index contributed by atoms with van der Waals surface area (Å²) in [6.07, 6.45) is 8.40. The molecule has 0 aromatic heterocycles. The largest absolute Gasteiger partial charge is 0.381 e. The molecule has 0 spiro atoms. The second-order valence-corrected chi connectivity index (χ2v) is 6.60. The molecule has 2 unspecified atom stereocenters. The quantitative estimate of drug-likeness (QED) is 0.684. The number of ether oxygens (including phenoxy) is 1. The summed E-state index contributed by atoms with van der Waals surface area (Å²) in [6.45, 7) is 5.98. The first-order valence-corrected chi connectivity index (χ1v) is 7.93. The van der Waals surface area contributed by atoms with Gasteiger partial charge in [-0.2, -0.15) is 5.26 Å². The minimum absolute atomic E-state index is 0.298. The van der Waals surface area contributed by atoms with Gasteiger partial charge < -0.3 is 4.74 Å². The average molecular weight is 264 g/mol. The van der Waals surface area contributed by atoms with Crippen molar-refractivity contribution < 1.29 is 4.74 Å². The van der Waals surface area contributed by atoms with Crippen LogP contribution >= 0.6 is 0 Å². The van der Waals surface area contributed by atoms with E-state index in [4.69, 9.17) is 4.74 Å². The SMILES string of the molecule is CC(C)NC1(C#N)CCCC1CCOCCC1CC1. The molecule has 0 radical (unpaired) electrons. The smallest absolute Gasteiger partial charge is 0.109 e. The van der Waals surface area contributed by atoms with Crippen LogP contribution in [0.1, 0.15) is 58.8 Å². The van der Waals surface area contributed by atoms with E-state index in [-0.39, 0.29) is 5.54 Å². The van der Waals surface area contributed by atoms with Crippen molar-refractivity contribution in [2.45, 2.75) is 70.4 Å². The third-order valence-electron chi connectivity index (χ3n) is 4.54. The molecule has 2 fully saturated rings. The van der Waals surface area contributed by atoms with Crippen LogP contribution in [0.25, 0.3) is 0 Å². The molecule has 0 heterocycles. The van der Waals surface area contributed by atoms with Crippen LogP contribution in [0.5, 0.6) is 0 Å². The highest BCUT2D eigenvalue weighted by molar-refractivity contribution is 5.14.